The van der Waals surface area contributed by atoms with Gasteiger partial charge in [0.2, 0.25) is 0 Å². The smallest absolute Gasteiger partial charge is 0.134 e. The summed E-state index contributed by atoms with van der Waals surface area (Å²) in [6.45, 7) is 1.94. The van der Waals surface area contributed by atoms with E-state index in [0.29, 0.717) is 19.6 Å². The van der Waals surface area contributed by atoms with Crippen LogP contribution in [0.1, 0.15) is 39.6 Å². The Morgan fingerprint density at radius 1 is 0.600 bits per heavy atom. The molecule has 0 spiro atoms. The maximum absolute atomic E-state index is 5.53. The van der Waals surface area contributed by atoms with Crippen molar-refractivity contribution in [2.45, 2.75) is 41.5 Å². The van der Waals surface area contributed by atoms with E-state index in [9.17, 15) is 0 Å². The zero-order valence-corrected chi connectivity index (χ0v) is 18.2. The maximum Gasteiger partial charge on any atom is 0.134 e. The van der Waals surface area contributed by atoms with E-state index >= 15 is 0 Å². The Bertz CT molecular complexity index is 1140. The van der Waals surface area contributed by atoms with Crippen molar-refractivity contribution >= 4 is 21.7 Å². The second-order valence-electron chi connectivity index (χ2n) is 7.19. The van der Waals surface area contributed by atoms with E-state index < -0.39 is 0 Å². The Labute approximate surface area is 210 Å². The van der Waals surface area contributed by atoms with Crippen molar-refractivity contribution in [2.24, 2.45) is 17.2 Å². The number of hydrogen-bond donors (Lipinski definition) is 3. The first-order chi connectivity index (χ1) is 15.7. The molecule has 5 aromatic rings. The highest BCUT2D eigenvalue weighted by molar-refractivity contribution is 5.83. The van der Waals surface area contributed by atoms with Crippen molar-refractivity contribution in [3.63, 3.8) is 0 Å². The highest BCUT2D eigenvalue weighted by Crippen LogP contribution is 2.20. The van der Waals surface area contributed by atoms with E-state index in [-0.39, 0.29) is 22.3 Å². The van der Waals surface area contributed by atoms with Crippen LogP contribution in [0.25, 0.3) is 21.7 Å². The van der Waals surface area contributed by atoms with E-state index in [0.717, 1.165) is 52.9 Å². The molecule has 3 heterocycles. The molecule has 6 heteroatoms. The molecule has 0 amide bonds. The largest absolute Gasteiger partial charge is 0.469 e. The first kappa shape index (κ1) is 31.7. The molecule has 192 valence electrons. The third-order valence-electron chi connectivity index (χ3n) is 4.80. The van der Waals surface area contributed by atoms with Gasteiger partial charge in [-0.15, -0.1) is 0 Å². The quantitative estimate of drug-likeness (QED) is 0.253. The number of rotatable bonds is 6. The summed E-state index contributed by atoms with van der Waals surface area (Å²) in [5.41, 5.74) is 17.1. The second kappa shape index (κ2) is 17.2. The molecule has 0 aliphatic rings. The SMILES string of the molecule is C.C.C.NCCc1cc2ccccc2o1.NCCc1ccco1.NCCc1occ2ccccc12. The number of fused-ring (bicyclic) bond motifs is 2. The van der Waals surface area contributed by atoms with E-state index in [2.05, 4.69) is 6.07 Å². The maximum atomic E-state index is 5.53. The van der Waals surface area contributed by atoms with Crippen LogP contribution < -0.4 is 17.2 Å². The minimum atomic E-state index is 0. The molecule has 0 radical (unpaired) electrons. The second-order valence-corrected chi connectivity index (χ2v) is 7.19. The third kappa shape index (κ3) is 9.45. The molecule has 0 aliphatic carbocycles. The van der Waals surface area contributed by atoms with Crippen molar-refractivity contribution in [3.8, 4) is 0 Å². The van der Waals surface area contributed by atoms with E-state index in [1.807, 2.05) is 60.7 Å². The molecule has 0 aliphatic heterocycles. The van der Waals surface area contributed by atoms with Crippen LogP contribution in [-0.2, 0) is 19.3 Å². The van der Waals surface area contributed by atoms with Crippen LogP contribution in [0.5, 0.6) is 0 Å². The van der Waals surface area contributed by atoms with Gasteiger partial charge in [0.1, 0.15) is 22.9 Å². The van der Waals surface area contributed by atoms with Crippen LogP contribution in [0.3, 0.4) is 0 Å². The molecule has 0 bridgehead atoms. The average Bonchev–Trinajstić information content (AvgIpc) is 3.56. The van der Waals surface area contributed by atoms with E-state index in [1.54, 1.807) is 12.5 Å². The number of benzene rings is 2. The first-order valence-corrected chi connectivity index (χ1v) is 10.8. The molecule has 3 aromatic heterocycles. The van der Waals surface area contributed by atoms with Crippen LogP contribution in [-0.4, -0.2) is 19.6 Å². The summed E-state index contributed by atoms with van der Waals surface area (Å²) in [6, 6.07) is 21.9. The third-order valence-corrected chi connectivity index (χ3v) is 4.80. The molecule has 0 atom stereocenters. The monoisotopic (exact) mass is 481 g/mol. The Morgan fingerprint density at radius 3 is 1.86 bits per heavy atom. The van der Waals surface area contributed by atoms with Crippen molar-refractivity contribution in [1.82, 2.24) is 0 Å². The molecule has 0 saturated heterocycles. The average molecular weight is 482 g/mol. The van der Waals surface area contributed by atoms with Crippen LogP contribution >= 0.6 is 0 Å². The predicted molar refractivity (Wildman–Crippen MR) is 150 cm³/mol. The predicted octanol–water partition coefficient (Wildman–Crippen LogP) is 6.56. The summed E-state index contributed by atoms with van der Waals surface area (Å²) in [4.78, 5) is 0. The van der Waals surface area contributed by atoms with Gasteiger partial charge in [0, 0.05) is 35.4 Å². The van der Waals surface area contributed by atoms with Crippen molar-refractivity contribution in [1.29, 1.82) is 0 Å². The molecule has 5 rings (SSSR count). The van der Waals surface area contributed by atoms with Gasteiger partial charge < -0.3 is 30.5 Å². The fourth-order valence-corrected chi connectivity index (χ4v) is 3.28. The molecular formula is C29H43N3O3. The summed E-state index contributed by atoms with van der Waals surface area (Å²) in [5, 5.41) is 3.49. The fraction of sp³-hybridized carbons (Fsp3) is 0.310. The molecule has 0 unspecified atom stereocenters. The molecule has 2 aromatic carbocycles. The van der Waals surface area contributed by atoms with Gasteiger partial charge in [-0.05, 0) is 43.9 Å². The first-order valence-electron chi connectivity index (χ1n) is 10.8. The summed E-state index contributed by atoms with van der Waals surface area (Å²) < 4.78 is 15.9. The Morgan fingerprint density at radius 2 is 1.23 bits per heavy atom. The lowest BCUT2D eigenvalue weighted by Gasteiger charge is -1.92. The fourth-order valence-electron chi connectivity index (χ4n) is 3.28. The van der Waals surface area contributed by atoms with Gasteiger partial charge in [0.05, 0.1) is 12.5 Å². The Hall–Kier alpha value is -3.32. The lowest BCUT2D eigenvalue weighted by molar-refractivity contribution is 0.511. The summed E-state index contributed by atoms with van der Waals surface area (Å²) in [6.07, 6.45) is 5.90. The molecular weight excluding hydrogens is 438 g/mol. The van der Waals surface area contributed by atoms with Gasteiger partial charge in [-0.1, -0.05) is 64.7 Å². The van der Waals surface area contributed by atoms with Crippen molar-refractivity contribution < 1.29 is 13.3 Å². The highest BCUT2D eigenvalue weighted by atomic mass is 16.3. The van der Waals surface area contributed by atoms with Gasteiger partial charge in [-0.25, -0.2) is 0 Å². The lowest BCUT2D eigenvalue weighted by atomic mass is 10.1. The van der Waals surface area contributed by atoms with Gasteiger partial charge in [-0.2, -0.15) is 0 Å². The van der Waals surface area contributed by atoms with Gasteiger partial charge >= 0.3 is 0 Å². The summed E-state index contributed by atoms with van der Waals surface area (Å²) in [5.74, 6) is 2.93. The molecule has 6 nitrogen and oxygen atoms in total. The standard InChI is InChI=1S/2C10H11NO.C6H9NO.3CH4/c11-6-5-9-7-8-3-1-2-4-10(8)12-9;11-6-5-10-9-4-2-1-3-8(9)7-12-10;7-4-3-6-2-1-5-8-6;;;/h2*1-4,7H,5-6,11H2;1-2,5H,3-4,7H2;3*1H4. The van der Waals surface area contributed by atoms with Crippen LogP contribution in [0.4, 0.5) is 0 Å². The van der Waals surface area contributed by atoms with Gasteiger partial charge in [0.15, 0.2) is 0 Å². The summed E-state index contributed by atoms with van der Waals surface area (Å²) >= 11 is 0. The molecule has 35 heavy (non-hydrogen) atoms. The number of para-hydroxylation sites is 1. The van der Waals surface area contributed by atoms with Crippen LogP contribution in [0.2, 0.25) is 0 Å². The topological polar surface area (TPSA) is 117 Å². The van der Waals surface area contributed by atoms with Crippen LogP contribution in [0.15, 0.2) is 92.5 Å². The van der Waals surface area contributed by atoms with Gasteiger partial charge in [-0.3, -0.25) is 0 Å². The van der Waals surface area contributed by atoms with Crippen molar-refractivity contribution in [3.05, 3.63) is 96.5 Å². The van der Waals surface area contributed by atoms with E-state index in [1.165, 1.54) is 5.39 Å². The van der Waals surface area contributed by atoms with Gasteiger partial charge in [0.25, 0.3) is 0 Å². The minimum absolute atomic E-state index is 0. The Kier molecular flexibility index (Phi) is 15.5. The lowest BCUT2D eigenvalue weighted by Crippen LogP contribution is -2.01. The molecule has 6 N–H and O–H groups in total. The minimum Gasteiger partial charge on any atom is -0.469 e. The number of hydrogen-bond acceptors (Lipinski definition) is 6. The van der Waals surface area contributed by atoms with Crippen LogP contribution in [0, 0.1) is 0 Å². The zero-order valence-electron chi connectivity index (χ0n) is 18.2. The normalized spacial score (nSPS) is 9.57. The number of nitrogens with two attached hydrogens (primary N) is 3. The Balaban J connectivity index is 0.000000485. The molecule has 0 saturated carbocycles. The molecule has 0 fully saturated rings. The van der Waals surface area contributed by atoms with E-state index in [4.69, 9.17) is 30.5 Å². The number of furan rings is 3. The van der Waals surface area contributed by atoms with Crippen molar-refractivity contribution in [2.75, 3.05) is 19.6 Å². The highest BCUT2D eigenvalue weighted by Gasteiger charge is 2.03. The summed E-state index contributed by atoms with van der Waals surface area (Å²) in [7, 11) is 0. The zero-order chi connectivity index (χ0) is 22.6.